The van der Waals surface area contributed by atoms with Crippen molar-refractivity contribution in [2.24, 2.45) is 0 Å². The summed E-state index contributed by atoms with van der Waals surface area (Å²) in [6.07, 6.45) is 0. The Morgan fingerprint density at radius 1 is 0.161 bits per heavy atom. The second-order valence-electron chi connectivity index (χ2n) is 17.0. The molecule has 2 spiro atoms. The van der Waals surface area contributed by atoms with Gasteiger partial charge in [0.25, 0.3) is 0 Å². The van der Waals surface area contributed by atoms with E-state index in [4.69, 9.17) is 0 Å². The van der Waals surface area contributed by atoms with E-state index < -0.39 is 10.8 Å². The summed E-state index contributed by atoms with van der Waals surface area (Å²) in [5.74, 6) is 0. The average molecular weight is 785 g/mol. The Morgan fingerprint density at radius 2 is 0.355 bits per heavy atom. The van der Waals surface area contributed by atoms with Gasteiger partial charge in [0.2, 0.25) is 0 Å². The van der Waals surface area contributed by atoms with Crippen molar-refractivity contribution in [1.82, 2.24) is 0 Å². The van der Waals surface area contributed by atoms with Gasteiger partial charge in [-0.25, -0.2) is 0 Å². The van der Waals surface area contributed by atoms with Crippen LogP contribution in [0.15, 0.2) is 243 Å². The van der Waals surface area contributed by atoms with Gasteiger partial charge in [0, 0.05) is 0 Å². The molecule has 288 valence electrons. The summed E-state index contributed by atoms with van der Waals surface area (Å²) in [4.78, 5) is 0. The maximum absolute atomic E-state index is 2.60. The molecule has 3 aliphatic carbocycles. The van der Waals surface area contributed by atoms with Crippen LogP contribution in [0.3, 0.4) is 0 Å². The van der Waals surface area contributed by atoms with E-state index in [1.807, 2.05) is 0 Å². The zero-order valence-electron chi connectivity index (χ0n) is 34.1. The molecule has 0 radical (unpaired) electrons. The predicted molar refractivity (Wildman–Crippen MR) is 256 cm³/mol. The Labute approximate surface area is 363 Å². The van der Waals surface area contributed by atoms with Crippen LogP contribution >= 0.6 is 0 Å². The molecule has 0 fully saturated rings. The molecule has 0 saturated heterocycles. The fourth-order valence-electron chi connectivity index (χ4n) is 11.8. The van der Waals surface area contributed by atoms with E-state index in [0.29, 0.717) is 0 Å². The molecular weight excluding hydrogens is 745 g/mol. The first kappa shape index (κ1) is 35.0. The van der Waals surface area contributed by atoms with Crippen LogP contribution in [0.4, 0.5) is 0 Å². The van der Waals surface area contributed by atoms with Crippen molar-refractivity contribution in [1.29, 1.82) is 0 Å². The fraction of sp³-hybridized carbons (Fsp3) is 0.0323. The van der Waals surface area contributed by atoms with E-state index in [0.717, 1.165) is 0 Å². The molecule has 0 unspecified atom stereocenters. The van der Waals surface area contributed by atoms with Crippen LogP contribution in [0.2, 0.25) is 0 Å². The minimum absolute atomic E-state index is 0.646. The molecule has 0 aliphatic heterocycles. The normalized spacial score (nSPS) is 14.1. The molecule has 10 aromatic carbocycles. The summed E-state index contributed by atoms with van der Waals surface area (Å²) in [7, 11) is 0. The average Bonchev–Trinajstić information content (AvgIpc) is 3.82. The van der Waals surface area contributed by atoms with Crippen molar-refractivity contribution in [3.63, 3.8) is 0 Å². The molecule has 0 aromatic heterocycles. The highest BCUT2D eigenvalue weighted by Crippen LogP contribution is 2.69. The maximum Gasteiger partial charge on any atom is 0.0720 e. The fourth-order valence-corrected chi connectivity index (χ4v) is 11.8. The molecule has 0 heteroatoms. The summed E-state index contributed by atoms with van der Waals surface area (Å²) in [5, 5.41) is 0. The van der Waals surface area contributed by atoms with E-state index in [2.05, 4.69) is 243 Å². The minimum Gasteiger partial charge on any atom is -0.0622 e. The zero-order chi connectivity index (χ0) is 40.8. The first-order valence-electron chi connectivity index (χ1n) is 21.8. The first-order valence-corrected chi connectivity index (χ1v) is 21.8. The van der Waals surface area contributed by atoms with Gasteiger partial charge in [-0.1, -0.05) is 218 Å². The molecule has 0 heterocycles. The second kappa shape index (κ2) is 13.4. The van der Waals surface area contributed by atoms with Crippen molar-refractivity contribution in [2.75, 3.05) is 0 Å². The third-order valence-corrected chi connectivity index (χ3v) is 14.2. The highest BCUT2D eigenvalue weighted by molar-refractivity contribution is 5.98. The van der Waals surface area contributed by atoms with Crippen LogP contribution in [-0.4, -0.2) is 0 Å². The largest absolute Gasteiger partial charge is 0.0720 e. The van der Waals surface area contributed by atoms with E-state index in [1.54, 1.807) is 0 Å². The molecule has 0 N–H and O–H groups in total. The van der Waals surface area contributed by atoms with Gasteiger partial charge in [0.1, 0.15) is 0 Å². The smallest absolute Gasteiger partial charge is 0.0622 e. The van der Waals surface area contributed by atoms with Crippen LogP contribution in [-0.2, 0) is 10.8 Å². The van der Waals surface area contributed by atoms with Crippen LogP contribution in [0.25, 0.3) is 66.8 Å². The molecule has 0 saturated carbocycles. The molecule has 62 heavy (non-hydrogen) atoms. The van der Waals surface area contributed by atoms with Gasteiger partial charge in [0.15, 0.2) is 0 Å². The van der Waals surface area contributed by atoms with Crippen molar-refractivity contribution in [3.05, 3.63) is 287 Å². The van der Waals surface area contributed by atoms with E-state index in [-0.39, 0.29) is 0 Å². The lowest BCUT2D eigenvalue weighted by Gasteiger charge is -2.50. The highest BCUT2D eigenvalue weighted by atomic mass is 14.6. The van der Waals surface area contributed by atoms with Gasteiger partial charge in [-0.15, -0.1) is 0 Å². The lowest BCUT2D eigenvalue weighted by Crippen LogP contribution is -2.44. The van der Waals surface area contributed by atoms with Crippen LogP contribution in [0.1, 0.15) is 44.5 Å². The van der Waals surface area contributed by atoms with Crippen molar-refractivity contribution >= 4 is 0 Å². The molecule has 0 bridgehead atoms. The molecule has 13 rings (SSSR count). The summed E-state index contributed by atoms with van der Waals surface area (Å²) in [6.45, 7) is 0. The van der Waals surface area contributed by atoms with E-state index >= 15 is 0 Å². The number of hydrogen-bond acceptors (Lipinski definition) is 0. The van der Waals surface area contributed by atoms with Gasteiger partial charge in [-0.05, 0) is 136 Å². The molecule has 0 nitrogen and oxygen atoms in total. The predicted octanol–water partition coefficient (Wildman–Crippen LogP) is 15.4. The number of hydrogen-bond donors (Lipinski definition) is 0. The third-order valence-electron chi connectivity index (χ3n) is 14.2. The highest BCUT2D eigenvalue weighted by Gasteiger charge is 2.59. The standard InChI is InChI=1S/C62H40/c1-5-21-41(22-6-1)49-37-57-58(38-50(49)42-23-7-2-8-24-42)62(55-35-19-15-31-47(55)48-32-16-20-36-56(48)62)60-40-52(44-27-11-4-12-28-44)51(43-25-9-3-10-26-43)39-59(60)61(57)53-33-17-13-29-45(53)46-30-14-18-34-54(46)61/h1-40H. The van der Waals surface area contributed by atoms with E-state index in [1.165, 1.54) is 111 Å². The topological polar surface area (TPSA) is 0 Å². The van der Waals surface area contributed by atoms with Gasteiger partial charge in [-0.2, -0.15) is 0 Å². The minimum atomic E-state index is -0.646. The molecular formula is C62H40. The molecule has 0 amide bonds. The lowest BCUT2D eigenvalue weighted by molar-refractivity contribution is 0.634. The summed E-state index contributed by atoms with van der Waals surface area (Å²) in [6, 6.07) is 91.5. The Balaban J connectivity index is 1.31. The van der Waals surface area contributed by atoms with Gasteiger partial charge in [0.05, 0.1) is 10.8 Å². The Kier molecular flexibility index (Phi) is 7.54. The summed E-state index contributed by atoms with van der Waals surface area (Å²) >= 11 is 0. The monoisotopic (exact) mass is 784 g/mol. The van der Waals surface area contributed by atoms with E-state index in [9.17, 15) is 0 Å². The number of benzene rings is 10. The van der Waals surface area contributed by atoms with Crippen molar-refractivity contribution in [3.8, 4) is 66.8 Å². The SMILES string of the molecule is c1ccc(-c2cc3c(cc2-c2ccccc2)C2(c4ccccc4-c4ccccc42)c2cc(-c4ccccc4)c(-c4ccccc4)cc2C32c3ccccc3-c3ccccc32)cc1. The van der Waals surface area contributed by atoms with Crippen molar-refractivity contribution in [2.45, 2.75) is 10.8 Å². The maximum atomic E-state index is 2.60. The number of fused-ring (bicyclic) bond motifs is 16. The summed E-state index contributed by atoms with van der Waals surface area (Å²) in [5.41, 5.74) is 24.3. The van der Waals surface area contributed by atoms with Gasteiger partial charge in [-0.3, -0.25) is 0 Å². The van der Waals surface area contributed by atoms with Crippen LogP contribution < -0.4 is 0 Å². The van der Waals surface area contributed by atoms with Gasteiger partial charge >= 0.3 is 0 Å². The Bertz CT molecular complexity index is 2920. The second-order valence-corrected chi connectivity index (χ2v) is 17.0. The third kappa shape index (κ3) is 4.61. The lowest BCUT2D eigenvalue weighted by atomic mass is 9.51. The quantitative estimate of drug-likeness (QED) is 0.167. The van der Waals surface area contributed by atoms with Crippen LogP contribution in [0, 0.1) is 0 Å². The Morgan fingerprint density at radius 3 is 0.581 bits per heavy atom. The zero-order valence-corrected chi connectivity index (χ0v) is 34.1. The number of rotatable bonds is 4. The molecule has 10 aromatic rings. The van der Waals surface area contributed by atoms with Crippen LogP contribution in [0.5, 0.6) is 0 Å². The van der Waals surface area contributed by atoms with Gasteiger partial charge < -0.3 is 0 Å². The summed E-state index contributed by atoms with van der Waals surface area (Å²) < 4.78 is 0. The van der Waals surface area contributed by atoms with Crippen molar-refractivity contribution < 1.29 is 0 Å². The molecule has 3 aliphatic rings. The Hall–Kier alpha value is -7.80. The molecule has 0 atom stereocenters. The first-order chi connectivity index (χ1) is 30.8.